The summed E-state index contributed by atoms with van der Waals surface area (Å²) >= 11 is 5.91. The molecule has 20 heavy (non-hydrogen) atoms. The molecule has 0 aliphatic carbocycles. The number of imidazole rings is 1. The first-order valence-electron chi connectivity index (χ1n) is 5.96. The van der Waals surface area contributed by atoms with Crippen LogP contribution in [0.2, 0.25) is 5.15 Å². The van der Waals surface area contributed by atoms with Crippen molar-refractivity contribution < 1.29 is 20.1 Å². The van der Waals surface area contributed by atoms with Gasteiger partial charge in [-0.1, -0.05) is 11.6 Å². The van der Waals surface area contributed by atoms with Gasteiger partial charge in [-0.15, -0.1) is 0 Å². The molecule has 0 bridgehead atoms. The van der Waals surface area contributed by atoms with Crippen LogP contribution in [-0.4, -0.2) is 59.3 Å². The Bertz CT molecular complexity index is 646. The molecule has 9 heteroatoms. The van der Waals surface area contributed by atoms with E-state index < -0.39 is 30.6 Å². The molecule has 3 N–H and O–H groups in total. The fraction of sp³-hybridized carbons (Fsp3) is 0.545. The summed E-state index contributed by atoms with van der Waals surface area (Å²) in [6.07, 6.45) is -0.383. The van der Waals surface area contributed by atoms with Crippen molar-refractivity contribution in [3.05, 3.63) is 17.8 Å². The van der Waals surface area contributed by atoms with E-state index in [0.717, 1.165) is 0 Å². The second-order valence-electron chi connectivity index (χ2n) is 4.87. The summed E-state index contributed by atoms with van der Waals surface area (Å²) in [5.74, 6) is 0. The first-order valence-corrected chi connectivity index (χ1v) is 6.34. The third kappa shape index (κ3) is 1.80. The Morgan fingerprint density at radius 1 is 1.45 bits per heavy atom. The molecule has 4 atom stereocenters. The average molecular weight is 301 g/mol. The Balaban J connectivity index is 2.10. The van der Waals surface area contributed by atoms with Crippen molar-refractivity contribution in [2.24, 2.45) is 0 Å². The number of hydrogen-bond acceptors (Lipinski definition) is 7. The van der Waals surface area contributed by atoms with E-state index in [1.165, 1.54) is 24.1 Å². The third-order valence-electron chi connectivity index (χ3n) is 3.50. The molecule has 0 amide bonds. The van der Waals surface area contributed by atoms with Gasteiger partial charge in [0.2, 0.25) is 0 Å². The molecule has 1 fully saturated rings. The Morgan fingerprint density at radius 2 is 2.20 bits per heavy atom. The van der Waals surface area contributed by atoms with Gasteiger partial charge in [-0.05, 0) is 6.92 Å². The van der Waals surface area contributed by atoms with E-state index in [2.05, 4.69) is 15.0 Å². The normalized spacial score (nSPS) is 34.0. The predicted molar refractivity (Wildman–Crippen MR) is 68.0 cm³/mol. The summed E-state index contributed by atoms with van der Waals surface area (Å²) in [5, 5.41) is 29.8. The molecule has 108 valence electrons. The van der Waals surface area contributed by atoms with Crippen LogP contribution < -0.4 is 0 Å². The predicted octanol–water partition coefficient (Wildman–Crippen LogP) is -0.519. The molecule has 0 saturated carbocycles. The fourth-order valence-corrected chi connectivity index (χ4v) is 2.56. The van der Waals surface area contributed by atoms with Gasteiger partial charge < -0.3 is 20.1 Å². The largest absolute Gasteiger partial charge is 0.394 e. The van der Waals surface area contributed by atoms with Crippen molar-refractivity contribution in [3.63, 3.8) is 0 Å². The lowest BCUT2D eigenvalue weighted by Crippen LogP contribution is -2.44. The molecule has 1 aliphatic rings. The zero-order valence-electron chi connectivity index (χ0n) is 10.5. The fourth-order valence-electron chi connectivity index (χ4n) is 2.39. The van der Waals surface area contributed by atoms with Gasteiger partial charge in [-0.2, -0.15) is 0 Å². The standard InChI is InChI=1S/C11H13ClN4O4/c1-11(19)7(18)5(2-17)20-10(11)16-4-15-6-8(12)13-3-14-9(6)16/h3-5,7,10,17-19H,2H2,1H3. The molecule has 2 aromatic rings. The SMILES string of the molecule is CC1(O)C(O)C(CO)OC1n1cnc2c(Cl)ncnc21. The highest BCUT2D eigenvalue weighted by Gasteiger charge is 2.53. The van der Waals surface area contributed by atoms with Crippen molar-refractivity contribution in [2.45, 2.75) is 31.0 Å². The second kappa shape index (κ2) is 4.61. The Labute approximate surface area is 118 Å². The lowest BCUT2D eigenvalue weighted by atomic mass is 9.96. The van der Waals surface area contributed by atoms with Gasteiger partial charge in [0.15, 0.2) is 17.0 Å². The molecule has 1 saturated heterocycles. The van der Waals surface area contributed by atoms with Gasteiger partial charge in [0.1, 0.15) is 29.7 Å². The number of ether oxygens (including phenoxy) is 1. The van der Waals surface area contributed by atoms with Crippen molar-refractivity contribution in [2.75, 3.05) is 6.61 Å². The van der Waals surface area contributed by atoms with E-state index in [0.29, 0.717) is 11.2 Å². The van der Waals surface area contributed by atoms with E-state index in [1.54, 1.807) is 0 Å². The van der Waals surface area contributed by atoms with E-state index >= 15 is 0 Å². The molecule has 0 aromatic carbocycles. The smallest absolute Gasteiger partial charge is 0.168 e. The monoisotopic (exact) mass is 300 g/mol. The molecule has 0 radical (unpaired) electrons. The van der Waals surface area contributed by atoms with Crippen LogP contribution in [0.15, 0.2) is 12.7 Å². The zero-order chi connectivity index (χ0) is 14.5. The molecular weight excluding hydrogens is 288 g/mol. The number of aliphatic hydroxyl groups excluding tert-OH is 2. The maximum Gasteiger partial charge on any atom is 0.168 e. The Kier molecular flexibility index (Phi) is 3.14. The number of aliphatic hydroxyl groups is 3. The molecule has 0 spiro atoms. The maximum atomic E-state index is 10.4. The second-order valence-corrected chi connectivity index (χ2v) is 5.23. The highest BCUT2D eigenvalue weighted by Crippen LogP contribution is 2.39. The molecule has 1 aliphatic heterocycles. The van der Waals surface area contributed by atoms with Gasteiger partial charge in [-0.25, -0.2) is 15.0 Å². The van der Waals surface area contributed by atoms with Crippen LogP contribution in [0.1, 0.15) is 13.2 Å². The van der Waals surface area contributed by atoms with Crippen LogP contribution in [0.5, 0.6) is 0 Å². The van der Waals surface area contributed by atoms with Crippen molar-refractivity contribution >= 4 is 22.8 Å². The third-order valence-corrected chi connectivity index (χ3v) is 3.78. The molecule has 2 aromatic heterocycles. The molecule has 3 rings (SSSR count). The zero-order valence-corrected chi connectivity index (χ0v) is 11.3. The van der Waals surface area contributed by atoms with E-state index in [-0.39, 0.29) is 5.15 Å². The number of aromatic nitrogens is 4. The summed E-state index contributed by atoms with van der Waals surface area (Å²) in [6, 6.07) is 0. The van der Waals surface area contributed by atoms with Crippen LogP contribution in [0.3, 0.4) is 0 Å². The van der Waals surface area contributed by atoms with Crippen molar-refractivity contribution in [1.82, 2.24) is 19.5 Å². The van der Waals surface area contributed by atoms with Gasteiger partial charge >= 0.3 is 0 Å². The number of fused-ring (bicyclic) bond motifs is 1. The summed E-state index contributed by atoms with van der Waals surface area (Å²) in [7, 11) is 0. The summed E-state index contributed by atoms with van der Waals surface area (Å²) in [6.45, 7) is 1.02. The molecule has 8 nitrogen and oxygen atoms in total. The number of hydrogen-bond donors (Lipinski definition) is 3. The van der Waals surface area contributed by atoms with Crippen molar-refractivity contribution in [3.8, 4) is 0 Å². The quantitative estimate of drug-likeness (QED) is 0.640. The van der Waals surface area contributed by atoms with Gasteiger partial charge in [-0.3, -0.25) is 4.57 Å². The lowest BCUT2D eigenvalue weighted by molar-refractivity contribution is -0.0950. The van der Waals surface area contributed by atoms with Crippen LogP contribution >= 0.6 is 11.6 Å². The van der Waals surface area contributed by atoms with Crippen LogP contribution in [0.4, 0.5) is 0 Å². The van der Waals surface area contributed by atoms with Crippen LogP contribution in [-0.2, 0) is 4.74 Å². The van der Waals surface area contributed by atoms with Crippen molar-refractivity contribution in [1.29, 1.82) is 0 Å². The van der Waals surface area contributed by atoms with Gasteiger partial charge in [0, 0.05) is 0 Å². The van der Waals surface area contributed by atoms with Gasteiger partial charge in [0.25, 0.3) is 0 Å². The van der Waals surface area contributed by atoms with E-state index in [9.17, 15) is 15.3 Å². The number of nitrogens with zero attached hydrogens (tertiary/aromatic N) is 4. The minimum atomic E-state index is -1.60. The number of rotatable bonds is 2. The summed E-state index contributed by atoms with van der Waals surface area (Å²) < 4.78 is 6.96. The summed E-state index contributed by atoms with van der Waals surface area (Å²) in [5.41, 5.74) is -0.852. The molecule has 4 unspecified atom stereocenters. The highest BCUT2D eigenvalue weighted by molar-refractivity contribution is 6.33. The lowest BCUT2D eigenvalue weighted by Gasteiger charge is -2.27. The minimum Gasteiger partial charge on any atom is -0.394 e. The number of halogens is 1. The topological polar surface area (TPSA) is 114 Å². The Hall–Kier alpha value is -1.32. The van der Waals surface area contributed by atoms with Crippen LogP contribution in [0.25, 0.3) is 11.2 Å². The minimum absolute atomic E-state index is 0.186. The van der Waals surface area contributed by atoms with Crippen LogP contribution in [0, 0.1) is 0 Å². The molecule has 3 heterocycles. The maximum absolute atomic E-state index is 10.4. The van der Waals surface area contributed by atoms with Gasteiger partial charge in [0.05, 0.1) is 12.9 Å². The van der Waals surface area contributed by atoms with E-state index in [1.807, 2.05) is 0 Å². The average Bonchev–Trinajstić information content (AvgIpc) is 2.92. The Morgan fingerprint density at radius 3 is 2.85 bits per heavy atom. The first-order chi connectivity index (χ1) is 9.46. The highest BCUT2D eigenvalue weighted by atomic mass is 35.5. The van der Waals surface area contributed by atoms with E-state index in [4.69, 9.17) is 16.3 Å². The molecular formula is C11H13ClN4O4. The summed E-state index contributed by atoms with van der Waals surface area (Å²) in [4.78, 5) is 11.9. The first kappa shape index (κ1) is 13.7.